The third kappa shape index (κ3) is 0.888. The molecule has 4 nitrogen and oxygen atoms in total. The quantitative estimate of drug-likeness (QED) is 0.532. The molecule has 70 valence electrons. The first kappa shape index (κ1) is 8.67. The summed E-state index contributed by atoms with van der Waals surface area (Å²) in [5.41, 5.74) is -1.04. The molecule has 0 aromatic heterocycles. The fourth-order valence-electron chi connectivity index (χ4n) is 2.72. The van der Waals surface area contributed by atoms with E-state index in [1.54, 1.807) is 0 Å². The van der Waals surface area contributed by atoms with Crippen molar-refractivity contribution in [3.05, 3.63) is 0 Å². The largest absolute Gasteiger partial charge is 0.390 e. The van der Waals surface area contributed by atoms with Crippen LogP contribution >= 0.6 is 0 Å². The second-order valence-electron chi connectivity index (χ2n) is 4.06. The van der Waals surface area contributed by atoms with E-state index in [2.05, 4.69) is 0 Å². The molecule has 0 aliphatic heterocycles. The lowest BCUT2D eigenvalue weighted by atomic mass is 9.73. The third-order valence-corrected chi connectivity index (χ3v) is 3.48. The molecule has 4 heteroatoms. The van der Waals surface area contributed by atoms with Crippen LogP contribution in [-0.2, 0) is 4.79 Å². The standard InChI is InChI=1S/C9H11NO3/c10-3-9(4-11)2-5-1-6(9)8(13)7(5)12/h4-8,12-13H,1-2H2. The molecule has 0 saturated heterocycles. The first-order valence-corrected chi connectivity index (χ1v) is 4.38. The normalized spacial score (nSPS) is 53.3. The number of aliphatic hydroxyl groups is 2. The number of aldehydes is 1. The number of nitriles is 1. The zero-order valence-electron chi connectivity index (χ0n) is 7.05. The van der Waals surface area contributed by atoms with Crippen molar-refractivity contribution >= 4 is 6.29 Å². The van der Waals surface area contributed by atoms with Crippen LogP contribution < -0.4 is 0 Å². The van der Waals surface area contributed by atoms with E-state index in [-0.39, 0.29) is 11.8 Å². The predicted molar refractivity (Wildman–Crippen MR) is 42.3 cm³/mol. The summed E-state index contributed by atoms with van der Waals surface area (Å²) in [7, 11) is 0. The van der Waals surface area contributed by atoms with E-state index < -0.39 is 17.6 Å². The van der Waals surface area contributed by atoms with Crippen LogP contribution in [-0.4, -0.2) is 28.7 Å². The Hall–Kier alpha value is -0.920. The van der Waals surface area contributed by atoms with Gasteiger partial charge in [-0.1, -0.05) is 0 Å². The Kier molecular flexibility index (Phi) is 1.69. The van der Waals surface area contributed by atoms with Crippen LogP contribution in [0.2, 0.25) is 0 Å². The average Bonchev–Trinajstić information content (AvgIpc) is 2.65. The first-order valence-electron chi connectivity index (χ1n) is 4.38. The number of fused-ring (bicyclic) bond motifs is 2. The molecule has 2 saturated carbocycles. The summed E-state index contributed by atoms with van der Waals surface area (Å²) in [6.07, 6.45) is -0.0212. The lowest BCUT2D eigenvalue weighted by Gasteiger charge is -2.31. The minimum atomic E-state index is -1.04. The molecule has 0 aromatic rings. The minimum Gasteiger partial charge on any atom is -0.390 e. The molecule has 0 amide bonds. The molecule has 2 fully saturated rings. The van der Waals surface area contributed by atoms with Gasteiger partial charge in [0.15, 0.2) is 0 Å². The van der Waals surface area contributed by atoms with E-state index in [1.807, 2.05) is 6.07 Å². The summed E-state index contributed by atoms with van der Waals surface area (Å²) in [5, 5.41) is 27.8. The van der Waals surface area contributed by atoms with E-state index in [0.29, 0.717) is 19.1 Å². The number of carbonyl (C=O) groups excluding carboxylic acids is 1. The number of aliphatic hydroxyl groups excluding tert-OH is 2. The number of hydrogen-bond donors (Lipinski definition) is 2. The molecule has 0 heterocycles. The maximum atomic E-state index is 10.8. The van der Waals surface area contributed by atoms with Crippen LogP contribution in [0.4, 0.5) is 0 Å². The molecule has 0 radical (unpaired) electrons. The fourth-order valence-corrected chi connectivity index (χ4v) is 2.72. The summed E-state index contributed by atoms with van der Waals surface area (Å²) < 4.78 is 0. The zero-order chi connectivity index (χ0) is 9.64. The highest BCUT2D eigenvalue weighted by Crippen LogP contribution is 2.54. The van der Waals surface area contributed by atoms with Gasteiger partial charge in [0.05, 0.1) is 18.3 Å². The maximum Gasteiger partial charge on any atom is 0.140 e. The van der Waals surface area contributed by atoms with E-state index in [1.165, 1.54) is 0 Å². The topological polar surface area (TPSA) is 81.3 Å². The number of carbonyl (C=O) groups is 1. The number of rotatable bonds is 1. The monoisotopic (exact) mass is 181 g/mol. The van der Waals surface area contributed by atoms with Gasteiger partial charge >= 0.3 is 0 Å². The number of nitrogens with zero attached hydrogens (tertiary/aromatic N) is 1. The van der Waals surface area contributed by atoms with Gasteiger partial charge in [-0.05, 0) is 18.8 Å². The average molecular weight is 181 g/mol. The number of hydrogen-bond acceptors (Lipinski definition) is 4. The highest BCUT2D eigenvalue weighted by molar-refractivity contribution is 5.66. The maximum absolute atomic E-state index is 10.8. The van der Waals surface area contributed by atoms with Crippen molar-refractivity contribution in [2.75, 3.05) is 0 Å². The summed E-state index contributed by atoms with van der Waals surface area (Å²) in [6.45, 7) is 0. The predicted octanol–water partition coefficient (Wildman–Crippen LogP) is -0.543. The Morgan fingerprint density at radius 1 is 1.46 bits per heavy atom. The Bertz CT molecular complexity index is 283. The molecule has 2 aliphatic rings. The zero-order valence-corrected chi connectivity index (χ0v) is 7.05. The Labute approximate surface area is 75.8 Å². The van der Waals surface area contributed by atoms with Gasteiger partial charge < -0.3 is 15.0 Å². The van der Waals surface area contributed by atoms with E-state index >= 15 is 0 Å². The van der Waals surface area contributed by atoms with Crippen LogP contribution in [0.5, 0.6) is 0 Å². The summed E-state index contributed by atoms with van der Waals surface area (Å²) in [4.78, 5) is 10.8. The van der Waals surface area contributed by atoms with Gasteiger partial charge in [-0.3, -0.25) is 0 Å². The molecule has 0 spiro atoms. The van der Waals surface area contributed by atoms with Crippen molar-refractivity contribution in [3.63, 3.8) is 0 Å². The van der Waals surface area contributed by atoms with E-state index in [0.717, 1.165) is 0 Å². The molecule has 2 aliphatic carbocycles. The van der Waals surface area contributed by atoms with Gasteiger partial charge in [0.1, 0.15) is 11.7 Å². The molecule has 5 atom stereocenters. The van der Waals surface area contributed by atoms with E-state index in [9.17, 15) is 15.0 Å². The smallest absolute Gasteiger partial charge is 0.140 e. The van der Waals surface area contributed by atoms with Gasteiger partial charge in [0, 0.05) is 5.92 Å². The van der Waals surface area contributed by atoms with Crippen LogP contribution in [0.1, 0.15) is 12.8 Å². The molecule has 2 N–H and O–H groups in total. The van der Waals surface area contributed by atoms with Crippen molar-refractivity contribution in [1.29, 1.82) is 5.26 Å². The molecule has 2 bridgehead atoms. The van der Waals surface area contributed by atoms with Crippen molar-refractivity contribution in [1.82, 2.24) is 0 Å². The van der Waals surface area contributed by atoms with Crippen LogP contribution in [0, 0.1) is 28.6 Å². The molecular weight excluding hydrogens is 170 g/mol. The van der Waals surface area contributed by atoms with Crippen molar-refractivity contribution in [2.24, 2.45) is 17.3 Å². The van der Waals surface area contributed by atoms with Crippen LogP contribution in [0.25, 0.3) is 0 Å². The second kappa shape index (κ2) is 2.53. The van der Waals surface area contributed by atoms with Gasteiger partial charge in [-0.25, -0.2) is 0 Å². The highest BCUT2D eigenvalue weighted by atomic mass is 16.3. The lowest BCUT2D eigenvalue weighted by molar-refractivity contribution is -0.121. The summed E-state index contributed by atoms with van der Waals surface area (Å²) in [5.74, 6) is -0.445. The van der Waals surface area contributed by atoms with Gasteiger partial charge in [-0.2, -0.15) is 5.26 Å². The van der Waals surface area contributed by atoms with Crippen molar-refractivity contribution in [2.45, 2.75) is 25.0 Å². The Morgan fingerprint density at radius 3 is 2.54 bits per heavy atom. The summed E-state index contributed by atoms with van der Waals surface area (Å²) in [6, 6.07) is 1.97. The van der Waals surface area contributed by atoms with E-state index in [4.69, 9.17) is 5.26 Å². The molecular formula is C9H11NO3. The lowest BCUT2D eigenvalue weighted by Crippen LogP contribution is -2.43. The first-order chi connectivity index (χ1) is 6.14. The van der Waals surface area contributed by atoms with Gasteiger partial charge in [-0.15, -0.1) is 0 Å². The third-order valence-electron chi connectivity index (χ3n) is 3.48. The van der Waals surface area contributed by atoms with Gasteiger partial charge in [0.25, 0.3) is 0 Å². The van der Waals surface area contributed by atoms with Crippen molar-refractivity contribution in [3.8, 4) is 6.07 Å². The SMILES string of the molecule is N#CC1(C=O)CC2CC1C(O)C2O. The Morgan fingerprint density at radius 2 is 2.15 bits per heavy atom. The molecule has 5 unspecified atom stereocenters. The Balaban J connectivity index is 2.33. The van der Waals surface area contributed by atoms with Crippen LogP contribution in [0.15, 0.2) is 0 Å². The molecule has 0 aromatic carbocycles. The second-order valence-corrected chi connectivity index (χ2v) is 4.06. The van der Waals surface area contributed by atoms with Gasteiger partial charge in [0.2, 0.25) is 0 Å². The summed E-state index contributed by atoms with van der Waals surface area (Å²) >= 11 is 0. The van der Waals surface area contributed by atoms with Crippen LogP contribution in [0.3, 0.4) is 0 Å². The molecule has 13 heavy (non-hydrogen) atoms. The highest BCUT2D eigenvalue weighted by Gasteiger charge is 2.60. The minimum absolute atomic E-state index is 0.0788. The van der Waals surface area contributed by atoms with Crippen molar-refractivity contribution < 1.29 is 15.0 Å². The molecule has 2 rings (SSSR count). The fraction of sp³-hybridized carbons (Fsp3) is 0.778.